The highest BCUT2D eigenvalue weighted by atomic mass is 28.3. The Labute approximate surface area is 257 Å². The molecule has 0 N–H and O–H groups in total. The van der Waals surface area contributed by atoms with Crippen molar-refractivity contribution in [1.29, 1.82) is 0 Å². The minimum atomic E-state index is -1.69. The first-order valence-electron chi connectivity index (χ1n) is 15.8. The van der Waals surface area contributed by atoms with Crippen molar-refractivity contribution < 1.29 is 0 Å². The number of hydrogen-bond acceptors (Lipinski definition) is 2. The lowest BCUT2D eigenvalue weighted by Crippen LogP contribution is -2.63. The van der Waals surface area contributed by atoms with E-state index in [0.29, 0.717) is 0 Å². The summed E-state index contributed by atoms with van der Waals surface area (Å²) in [7, 11) is -1.69. The van der Waals surface area contributed by atoms with Crippen LogP contribution in [0.25, 0.3) is 0 Å². The molecule has 0 aliphatic carbocycles. The Hall–Kier alpha value is -4.02. The Morgan fingerprint density at radius 1 is 0.512 bits per heavy atom. The molecule has 0 amide bonds. The fourth-order valence-electron chi connectivity index (χ4n) is 8.72. The van der Waals surface area contributed by atoms with E-state index in [1.54, 1.807) is 0 Å². The van der Waals surface area contributed by atoms with E-state index in [-0.39, 0.29) is 17.5 Å². The molecule has 4 heterocycles. The third kappa shape index (κ3) is 3.00. The zero-order valence-electron chi connectivity index (χ0n) is 26.2. The fraction of sp³-hybridized carbons (Fsp3) is 0.231. The van der Waals surface area contributed by atoms with Crippen LogP contribution in [0.4, 0.5) is 34.1 Å². The molecular formula is C39H37BN2Si. The molecule has 0 bridgehead atoms. The Balaban J connectivity index is 1.48. The lowest BCUT2D eigenvalue weighted by molar-refractivity contribution is 0.632. The van der Waals surface area contributed by atoms with Crippen molar-refractivity contribution >= 4 is 70.5 Å². The highest BCUT2D eigenvalue weighted by Crippen LogP contribution is 2.56. The van der Waals surface area contributed by atoms with Crippen LogP contribution >= 0.6 is 0 Å². The standard InChI is InChI=1S/C39H37BN2Si/c1-38(2)25-14-8-10-20-31(25)41-33-22-24(43(5,6)7)23-34-35(33)40(29-18-12-16-27(38)36(29)41)30-19-13-17-28-37(30)42(34)32-21-11-9-15-26(32)39(28,3)4/h8-23H,1-7H3. The molecule has 0 atom stereocenters. The van der Waals surface area contributed by atoms with Crippen molar-refractivity contribution in [3.8, 4) is 0 Å². The number of hydrogen-bond donors (Lipinski definition) is 0. The molecule has 4 heteroatoms. The summed E-state index contributed by atoms with van der Waals surface area (Å²) in [5, 5.41) is 1.51. The van der Waals surface area contributed by atoms with E-state index in [2.05, 4.69) is 154 Å². The van der Waals surface area contributed by atoms with Gasteiger partial charge in [-0.25, -0.2) is 0 Å². The molecule has 0 fully saturated rings. The van der Waals surface area contributed by atoms with Gasteiger partial charge in [0.05, 0.1) is 19.4 Å². The highest BCUT2D eigenvalue weighted by molar-refractivity contribution is 7.00. The van der Waals surface area contributed by atoms with Crippen molar-refractivity contribution in [3.63, 3.8) is 0 Å². The summed E-state index contributed by atoms with van der Waals surface area (Å²) in [5.41, 5.74) is 17.9. The summed E-state index contributed by atoms with van der Waals surface area (Å²) >= 11 is 0. The monoisotopic (exact) mass is 572 g/mol. The molecule has 2 nitrogen and oxygen atoms in total. The van der Waals surface area contributed by atoms with Gasteiger partial charge in [0.15, 0.2) is 0 Å². The highest BCUT2D eigenvalue weighted by Gasteiger charge is 2.51. The zero-order valence-corrected chi connectivity index (χ0v) is 27.2. The molecule has 0 saturated carbocycles. The summed E-state index contributed by atoms with van der Waals surface area (Å²) in [4.78, 5) is 5.28. The maximum Gasteiger partial charge on any atom is 0.252 e. The third-order valence-corrected chi connectivity index (χ3v) is 13.0. The molecule has 4 aliphatic rings. The predicted octanol–water partition coefficient (Wildman–Crippen LogP) is 7.59. The summed E-state index contributed by atoms with van der Waals surface area (Å²) in [6, 6.07) is 37.6. The van der Waals surface area contributed by atoms with Crippen LogP contribution in [0.15, 0.2) is 97.1 Å². The van der Waals surface area contributed by atoms with Crippen LogP contribution in [0.3, 0.4) is 0 Å². The van der Waals surface area contributed by atoms with Crippen LogP contribution < -0.4 is 31.4 Å². The van der Waals surface area contributed by atoms with Gasteiger partial charge in [-0.15, -0.1) is 0 Å². The lowest BCUT2D eigenvalue weighted by Gasteiger charge is -2.52. The van der Waals surface area contributed by atoms with E-state index >= 15 is 0 Å². The minimum absolute atomic E-state index is 0.0904. The average molecular weight is 573 g/mol. The van der Waals surface area contributed by atoms with Crippen molar-refractivity contribution in [2.75, 3.05) is 9.80 Å². The Morgan fingerprint density at radius 3 is 1.37 bits per heavy atom. The van der Waals surface area contributed by atoms with Gasteiger partial charge in [-0.3, -0.25) is 0 Å². The van der Waals surface area contributed by atoms with Gasteiger partial charge in [0, 0.05) is 33.6 Å². The van der Waals surface area contributed by atoms with E-state index < -0.39 is 8.07 Å². The van der Waals surface area contributed by atoms with E-state index in [0.717, 1.165) is 0 Å². The first-order valence-corrected chi connectivity index (χ1v) is 19.3. The molecule has 0 spiro atoms. The maximum atomic E-state index is 2.64. The van der Waals surface area contributed by atoms with Gasteiger partial charge in [-0.05, 0) is 62.9 Å². The van der Waals surface area contributed by atoms with Crippen molar-refractivity contribution in [1.82, 2.24) is 0 Å². The molecule has 5 aromatic carbocycles. The van der Waals surface area contributed by atoms with Crippen LogP contribution in [0, 0.1) is 0 Å². The van der Waals surface area contributed by atoms with Crippen molar-refractivity contribution in [3.05, 3.63) is 119 Å². The number of fused-ring (bicyclic) bond motifs is 8. The van der Waals surface area contributed by atoms with Crippen LogP contribution in [-0.4, -0.2) is 14.8 Å². The third-order valence-electron chi connectivity index (χ3n) is 11.0. The van der Waals surface area contributed by atoms with E-state index in [1.165, 1.54) is 78.0 Å². The van der Waals surface area contributed by atoms with Gasteiger partial charge in [-0.1, -0.05) is 125 Å². The number of rotatable bonds is 1. The largest absolute Gasteiger partial charge is 0.311 e. The van der Waals surface area contributed by atoms with Gasteiger partial charge in [0.1, 0.15) is 0 Å². The number of nitrogens with zero attached hydrogens (tertiary/aromatic N) is 2. The minimum Gasteiger partial charge on any atom is -0.311 e. The molecule has 0 saturated heterocycles. The predicted molar refractivity (Wildman–Crippen MR) is 188 cm³/mol. The molecule has 9 rings (SSSR count). The van der Waals surface area contributed by atoms with Gasteiger partial charge < -0.3 is 9.80 Å². The second kappa shape index (κ2) is 7.92. The molecule has 43 heavy (non-hydrogen) atoms. The van der Waals surface area contributed by atoms with Gasteiger partial charge in [0.2, 0.25) is 0 Å². The van der Waals surface area contributed by atoms with Gasteiger partial charge in [0.25, 0.3) is 6.71 Å². The van der Waals surface area contributed by atoms with E-state index in [4.69, 9.17) is 0 Å². The van der Waals surface area contributed by atoms with E-state index in [9.17, 15) is 0 Å². The maximum absolute atomic E-state index is 2.64. The second-order valence-corrected chi connectivity index (χ2v) is 20.1. The van der Waals surface area contributed by atoms with Crippen molar-refractivity contribution in [2.24, 2.45) is 0 Å². The zero-order chi connectivity index (χ0) is 29.6. The summed E-state index contributed by atoms with van der Waals surface area (Å²) in [5.74, 6) is 0. The quantitative estimate of drug-likeness (QED) is 0.187. The smallest absolute Gasteiger partial charge is 0.252 e. The average Bonchev–Trinajstić information content (AvgIpc) is 2.99. The molecule has 0 aromatic heterocycles. The van der Waals surface area contributed by atoms with Crippen LogP contribution in [0.5, 0.6) is 0 Å². The number of para-hydroxylation sites is 4. The first kappa shape index (κ1) is 25.5. The van der Waals surface area contributed by atoms with E-state index in [1.807, 2.05) is 0 Å². The van der Waals surface area contributed by atoms with Gasteiger partial charge >= 0.3 is 0 Å². The van der Waals surface area contributed by atoms with Crippen LogP contribution in [0.1, 0.15) is 49.9 Å². The fourth-order valence-corrected chi connectivity index (χ4v) is 9.86. The first-order chi connectivity index (χ1) is 20.5. The Morgan fingerprint density at radius 2 is 0.930 bits per heavy atom. The Kier molecular flexibility index (Phi) is 4.69. The van der Waals surface area contributed by atoms with Crippen LogP contribution in [-0.2, 0) is 10.8 Å². The summed E-state index contributed by atoms with van der Waals surface area (Å²) in [6.45, 7) is 17.3. The lowest BCUT2D eigenvalue weighted by atomic mass is 9.32. The number of anilines is 6. The Bertz CT molecular complexity index is 1910. The molecule has 4 aliphatic heterocycles. The van der Waals surface area contributed by atoms with Gasteiger partial charge in [-0.2, -0.15) is 0 Å². The molecule has 0 radical (unpaired) electrons. The molecule has 210 valence electrons. The normalized spacial score (nSPS) is 17.4. The second-order valence-electron chi connectivity index (χ2n) is 15.1. The molecule has 0 unspecified atom stereocenters. The van der Waals surface area contributed by atoms with Crippen LogP contribution in [0.2, 0.25) is 19.6 Å². The summed E-state index contributed by atoms with van der Waals surface area (Å²) < 4.78 is 0. The SMILES string of the molecule is CC1(C)c2ccccc2N2c3cc([Si](C)(C)C)cc4c3B(c3cccc1c32)c1cccc2c1N4c1ccccc1C2(C)C. The molecule has 5 aromatic rings. The topological polar surface area (TPSA) is 6.48 Å². The summed E-state index contributed by atoms with van der Waals surface area (Å²) in [6.07, 6.45) is 0. The van der Waals surface area contributed by atoms with Crippen molar-refractivity contribution in [2.45, 2.75) is 58.2 Å². The molecular weight excluding hydrogens is 535 g/mol. The number of benzene rings is 5.